The molecule has 156 valence electrons. The lowest BCUT2D eigenvalue weighted by Gasteiger charge is -2.15. The molecule has 1 unspecified atom stereocenters. The summed E-state index contributed by atoms with van der Waals surface area (Å²) in [4.78, 5) is 13.0. The largest absolute Gasteiger partial charge is 0.356 e. The summed E-state index contributed by atoms with van der Waals surface area (Å²) in [6, 6.07) is 25.2. The molecule has 5 nitrogen and oxygen atoms in total. The average Bonchev–Trinajstić information content (AvgIpc) is 3.26. The summed E-state index contributed by atoms with van der Waals surface area (Å²) in [6.07, 6.45) is 0. The van der Waals surface area contributed by atoms with Crippen molar-refractivity contribution in [2.45, 2.75) is 16.1 Å². The number of hydrogen-bond acceptors (Lipinski definition) is 6. The topological polar surface area (TPSA) is 66.9 Å². The Morgan fingerprint density at radius 1 is 0.935 bits per heavy atom. The number of aromatic nitrogens is 2. The minimum absolute atomic E-state index is 0.211. The first-order valence-corrected chi connectivity index (χ1v) is 11.3. The van der Waals surface area contributed by atoms with Gasteiger partial charge in [-0.25, -0.2) is 4.39 Å². The summed E-state index contributed by atoms with van der Waals surface area (Å²) in [6.45, 7) is 0.646. The van der Waals surface area contributed by atoms with Gasteiger partial charge in [-0.1, -0.05) is 83.8 Å². The Bertz CT molecular complexity index is 1120. The molecule has 0 aliphatic rings. The first-order valence-electron chi connectivity index (χ1n) is 9.57. The maximum atomic E-state index is 13.2. The molecule has 4 rings (SSSR count). The molecule has 0 aliphatic carbocycles. The first-order chi connectivity index (χ1) is 15.2. The monoisotopic (exact) mass is 450 g/mol. The highest BCUT2D eigenvalue weighted by molar-refractivity contribution is 8.02. The number of nitrogens with one attached hydrogen (secondary N) is 2. The van der Waals surface area contributed by atoms with Crippen LogP contribution in [0.4, 0.5) is 15.2 Å². The van der Waals surface area contributed by atoms with Gasteiger partial charge >= 0.3 is 0 Å². The molecule has 0 aliphatic heterocycles. The molecule has 31 heavy (non-hydrogen) atoms. The lowest BCUT2D eigenvalue weighted by atomic mass is 10.1. The fraction of sp³-hybridized carbons (Fsp3) is 0.0870. The summed E-state index contributed by atoms with van der Waals surface area (Å²) in [7, 11) is 0. The standard InChI is InChI=1S/C23H19FN4OS2/c24-18-11-13-19(14-12-18)26-21(29)20(17-9-5-2-6-10-17)30-23-28-27-22(31-23)25-15-16-7-3-1-4-8-16/h1-14,20H,15H2,(H,25,27)(H,26,29). The van der Waals surface area contributed by atoms with Crippen LogP contribution in [-0.4, -0.2) is 16.1 Å². The number of carbonyl (C=O) groups excluding carboxylic acids is 1. The van der Waals surface area contributed by atoms with Crippen LogP contribution >= 0.6 is 23.1 Å². The van der Waals surface area contributed by atoms with Crippen molar-refractivity contribution in [3.63, 3.8) is 0 Å². The summed E-state index contributed by atoms with van der Waals surface area (Å²) < 4.78 is 13.9. The first kappa shape index (κ1) is 21.0. The molecule has 2 N–H and O–H groups in total. The van der Waals surface area contributed by atoms with Gasteiger partial charge in [0.2, 0.25) is 11.0 Å². The number of hydrogen-bond donors (Lipinski definition) is 2. The van der Waals surface area contributed by atoms with Gasteiger partial charge in [0.15, 0.2) is 4.34 Å². The van der Waals surface area contributed by atoms with Gasteiger partial charge in [-0.2, -0.15) is 0 Å². The number of thioether (sulfide) groups is 1. The molecule has 1 atom stereocenters. The van der Waals surface area contributed by atoms with E-state index in [0.717, 1.165) is 11.1 Å². The minimum atomic E-state index is -0.527. The number of rotatable bonds is 8. The van der Waals surface area contributed by atoms with Crippen LogP contribution in [0.3, 0.4) is 0 Å². The molecular weight excluding hydrogens is 431 g/mol. The quantitative estimate of drug-likeness (QED) is 0.334. The highest BCUT2D eigenvalue weighted by atomic mass is 32.2. The predicted molar refractivity (Wildman–Crippen MR) is 124 cm³/mol. The van der Waals surface area contributed by atoms with Crippen LogP contribution in [0.5, 0.6) is 0 Å². The van der Waals surface area contributed by atoms with Crippen LogP contribution in [-0.2, 0) is 11.3 Å². The molecule has 3 aromatic carbocycles. The fourth-order valence-electron chi connectivity index (χ4n) is 2.84. The van der Waals surface area contributed by atoms with Crippen molar-refractivity contribution < 1.29 is 9.18 Å². The highest BCUT2D eigenvalue weighted by Gasteiger charge is 2.24. The Kier molecular flexibility index (Phi) is 6.91. The van der Waals surface area contributed by atoms with Crippen LogP contribution in [0.15, 0.2) is 89.3 Å². The van der Waals surface area contributed by atoms with Crippen molar-refractivity contribution >= 4 is 39.8 Å². The van der Waals surface area contributed by atoms with Gasteiger partial charge in [0.1, 0.15) is 11.1 Å². The van der Waals surface area contributed by atoms with Crippen molar-refractivity contribution in [1.29, 1.82) is 0 Å². The third-order valence-electron chi connectivity index (χ3n) is 4.36. The van der Waals surface area contributed by atoms with E-state index in [2.05, 4.69) is 20.8 Å². The number of benzene rings is 3. The SMILES string of the molecule is O=C(Nc1ccc(F)cc1)C(Sc1nnc(NCc2ccccc2)s1)c1ccccc1. The Morgan fingerprint density at radius 2 is 1.61 bits per heavy atom. The second-order valence-electron chi connectivity index (χ2n) is 6.62. The van der Waals surface area contributed by atoms with Crippen molar-refractivity contribution in [2.75, 3.05) is 10.6 Å². The summed E-state index contributed by atoms with van der Waals surface area (Å²) in [5, 5.41) is 14.7. The Hall–Kier alpha value is -3.23. The van der Waals surface area contributed by atoms with E-state index in [1.807, 2.05) is 60.7 Å². The van der Waals surface area contributed by atoms with Gasteiger partial charge in [-0.3, -0.25) is 4.79 Å². The van der Waals surface area contributed by atoms with E-state index in [9.17, 15) is 9.18 Å². The number of carbonyl (C=O) groups is 1. The minimum Gasteiger partial charge on any atom is -0.356 e. The normalized spacial score (nSPS) is 11.6. The fourth-order valence-corrected chi connectivity index (χ4v) is 4.78. The zero-order valence-corrected chi connectivity index (χ0v) is 18.0. The lowest BCUT2D eigenvalue weighted by molar-refractivity contribution is -0.115. The third-order valence-corrected chi connectivity index (χ3v) is 6.58. The molecule has 0 bridgehead atoms. The van der Waals surface area contributed by atoms with E-state index in [-0.39, 0.29) is 11.7 Å². The number of amides is 1. The molecule has 0 fully saturated rings. The second kappa shape index (κ2) is 10.2. The van der Waals surface area contributed by atoms with E-state index in [4.69, 9.17) is 0 Å². The van der Waals surface area contributed by atoms with Crippen LogP contribution in [0.1, 0.15) is 16.4 Å². The molecule has 1 heterocycles. The molecule has 8 heteroatoms. The van der Waals surface area contributed by atoms with Crippen molar-refractivity contribution in [1.82, 2.24) is 10.2 Å². The van der Waals surface area contributed by atoms with E-state index >= 15 is 0 Å². The summed E-state index contributed by atoms with van der Waals surface area (Å²) in [5.41, 5.74) is 2.53. The molecule has 0 saturated carbocycles. The maximum absolute atomic E-state index is 13.2. The van der Waals surface area contributed by atoms with Crippen LogP contribution in [0.2, 0.25) is 0 Å². The van der Waals surface area contributed by atoms with Crippen molar-refractivity contribution in [3.8, 4) is 0 Å². The van der Waals surface area contributed by atoms with E-state index in [1.54, 1.807) is 0 Å². The summed E-state index contributed by atoms with van der Waals surface area (Å²) >= 11 is 2.73. The van der Waals surface area contributed by atoms with Gasteiger partial charge < -0.3 is 10.6 Å². The van der Waals surface area contributed by atoms with Gasteiger partial charge in [0.25, 0.3) is 0 Å². The smallest absolute Gasteiger partial charge is 0.242 e. The second-order valence-corrected chi connectivity index (χ2v) is 8.95. The number of nitrogens with zero attached hydrogens (tertiary/aromatic N) is 2. The highest BCUT2D eigenvalue weighted by Crippen LogP contribution is 2.38. The van der Waals surface area contributed by atoms with Gasteiger partial charge in [0, 0.05) is 12.2 Å². The van der Waals surface area contributed by atoms with Gasteiger partial charge in [-0.15, -0.1) is 10.2 Å². The Morgan fingerprint density at radius 3 is 2.32 bits per heavy atom. The number of halogens is 1. The van der Waals surface area contributed by atoms with E-state index in [0.29, 0.717) is 21.7 Å². The maximum Gasteiger partial charge on any atom is 0.242 e. The summed E-state index contributed by atoms with van der Waals surface area (Å²) in [5.74, 6) is -0.562. The van der Waals surface area contributed by atoms with Crippen LogP contribution in [0.25, 0.3) is 0 Å². The van der Waals surface area contributed by atoms with Crippen molar-refractivity contribution in [3.05, 3.63) is 102 Å². The van der Waals surface area contributed by atoms with Gasteiger partial charge in [-0.05, 0) is 35.4 Å². The molecule has 1 aromatic heterocycles. The zero-order valence-electron chi connectivity index (χ0n) is 16.4. The zero-order chi connectivity index (χ0) is 21.5. The molecule has 0 spiro atoms. The average molecular weight is 451 g/mol. The molecule has 0 radical (unpaired) electrons. The van der Waals surface area contributed by atoms with Gasteiger partial charge in [0.05, 0.1) is 0 Å². The van der Waals surface area contributed by atoms with E-state index < -0.39 is 5.25 Å². The predicted octanol–water partition coefficient (Wildman–Crippen LogP) is 5.76. The third kappa shape index (κ3) is 5.90. The number of anilines is 2. The van der Waals surface area contributed by atoms with E-state index in [1.165, 1.54) is 47.4 Å². The van der Waals surface area contributed by atoms with Crippen LogP contribution in [0, 0.1) is 5.82 Å². The lowest BCUT2D eigenvalue weighted by Crippen LogP contribution is -2.19. The van der Waals surface area contributed by atoms with Crippen molar-refractivity contribution in [2.24, 2.45) is 0 Å². The molecule has 4 aromatic rings. The molecular formula is C23H19FN4OS2. The Labute approximate surface area is 187 Å². The molecule has 0 saturated heterocycles. The molecule has 1 amide bonds. The van der Waals surface area contributed by atoms with Crippen LogP contribution < -0.4 is 10.6 Å². The Balaban J connectivity index is 1.47.